The van der Waals surface area contributed by atoms with Crippen molar-refractivity contribution in [1.82, 2.24) is 4.90 Å². The second-order valence-electron chi connectivity index (χ2n) is 17.7. The van der Waals surface area contributed by atoms with E-state index < -0.39 is 34.0 Å². The Morgan fingerprint density at radius 1 is 0.660 bits per heavy atom. The molecule has 0 amide bonds. The monoisotopic (exact) mass is 760 g/mol. The summed E-state index contributed by atoms with van der Waals surface area (Å²) >= 11 is 0. The van der Waals surface area contributed by atoms with Gasteiger partial charge in [0, 0.05) is 45.2 Å². The van der Waals surface area contributed by atoms with Crippen LogP contribution >= 0.6 is 0 Å². The van der Waals surface area contributed by atoms with Crippen molar-refractivity contribution in [3.63, 3.8) is 0 Å². The van der Waals surface area contributed by atoms with Crippen LogP contribution in [0, 0.1) is 5.41 Å². The topological polar surface area (TPSA) is 150 Å². The van der Waals surface area contributed by atoms with Gasteiger partial charge >= 0.3 is 17.9 Å². The lowest BCUT2D eigenvalue weighted by atomic mass is 9.70. The van der Waals surface area contributed by atoms with E-state index in [2.05, 4.69) is 41.2 Å². The summed E-state index contributed by atoms with van der Waals surface area (Å²) in [5.74, 6) is -1.14. The van der Waals surface area contributed by atoms with Crippen LogP contribution in [0.1, 0.15) is 141 Å². The molecule has 312 valence electrons. The maximum atomic E-state index is 12.8. The first kappa shape index (κ1) is 50.9. The first-order chi connectivity index (χ1) is 24.2. The summed E-state index contributed by atoms with van der Waals surface area (Å²) in [5.41, 5.74) is -3.47. The predicted octanol–water partition coefficient (Wildman–Crippen LogP) is 6.57. The SMILES string of the molecule is C=CC(=O)OC(C)(C)CCOC(C)(C)CC(CC)(COC(C)(C)CCO)CC(C)(C)OCCC(C)(C)OC(=O)CCN(CCO)CCC(=O)OC(C)C. The van der Waals surface area contributed by atoms with Gasteiger partial charge in [0.05, 0.1) is 62.2 Å². The molecule has 53 heavy (non-hydrogen) atoms. The minimum atomic E-state index is -0.779. The van der Waals surface area contributed by atoms with Crippen molar-refractivity contribution in [2.24, 2.45) is 5.41 Å². The van der Waals surface area contributed by atoms with Crippen LogP contribution in [0.15, 0.2) is 12.7 Å². The van der Waals surface area contributed by atoms with Crippen LogP contribution in [0.3, 0.4) is 0 Å². The van der Waals surface area contributed by atoms with Crippen molar-refractivity contribution in [3.05, 3.63) is 12.7 Å². The van der Waals surface area contributed by atoms with E-state index in [9.17, 15) is 24.6 Å². The quantitative estimate of drug-likeness (QED) is 0.0464. The molecule has 0 spiro atoms. The highest BCUT2D eigenvalue weighted by atomic mass is 16.6. The van der Waals surface area contributed by atoms with E-state index in [0.29, 0.717) is 71.6 Å². The van der Waals surface area contributed by atoms with Gasteiger partial charge in [-0.15, -0.1) is 0 Å². The van der Waals surface area contributed by atoms with Crippen LogP contribution in [0.5, 0.6) is 0 Å². The Hall–Kier alpha value is -2.09. The third kappa shape index (κ3) is 24.1. The molecule has 0 radical (unpaired) electrons. The van der Waals surface area contributed by atoms with Crippen molar-refractivity contribution in [2.75, 3.05) is 52.7 Å². The molecule has 0 saturated heterocycles. The highest BCUT2D eigenvalue weighted by Crippen LogP contribution is 2.43. The van der Waals surface area contributed by atoms with Gasteiger partial charge in [0.2, 0.25) is 0 Å². The molecule has 1 atom stereocenters. The number of aliphatic hydroxyl groups excluding tert-OH is 2. The molecule has 0 aliphatic rings. The highest BCUT2D eigenvalue weighted by molar-refractivity contribution is 5.81. The highest BCUT2D eigenvalue weighted by Gasteiger charge is 2.42. The van der Waals surface area contributed by atoms with E-state index >= 15 is 0 Å². The van der Waals surface area contributed by atoms with Crippen LogP contribution in [0.2, 0.25) is 0 Å². The van der Waals surface area contributed by atoms with E-state index in [4.69, 9.17) is 28.4 Å². The van der Waals surface area contributed by atoms with Gasteiger partial charge < -0.3 is 38.6 Å². The Balaban J connectivity index is 5.54. The summed E-state index contributed by atoms with van der Waals surface area (Å²) < 4.78 is 36.0. The Kier molecular flexibility index (Phi) is 22.2. The number of ether oxygens (including phenoxy) is 6. The molecule has 0 aliphatic heterocycles. The summed E-state index contributed by atoms with van der Waals surface area (Å²) in [4.78, 5) is 38.5. The molecule has 0 heterocycles. The van der Waals surface area contributed by atoms with Crippen molar-refractivity contribution < 1.29 is 53.0 Å². The number of nitrogens with zero attached hydrogens (tertiary/aromatic N) is 1. The summed E-state index contributed by atoms with van der Waals surface area (Å²) in [7, 11) is 0. The van der Waals surface area contributed by atoms with Gasteiger partial charge in [-0.05, 0) is 114 Å². The van der Waals surface area contributed by atoms with Crippen molar-refractivity contribution in [3.8, 4) is 0 Å². The van der Waals surface area contributed by atoms with Crippen molar-refractivity contribution in [1.29, 1.82) is 0 Å². The number of aliphatic hydroxyl groups is 2. The lowest BCUT2D eigenvalue weighted by molar-refractivity contribution is -0.161. The molecule has 0 aromatic carbocycles. The zero-order valence-corrected chi connectivity index (χ0v) is 35.7. The number of carbonyl (C=O) groups excluding carboxylic acids is 3. The first-order valence-corrected chi connectivity index (χ1v) is 19.4. The molecule has 0 saturated carbocycles. The fraction of sp³-hybridized carbons (Fsp3) is 0.878. The standard InChI is InChI=1S/C41H77NO11/c1-15-33(45)52-37(7,8)20-27-48-39(11,12)29-41(16-2,31-50-36(5,6)19-25-43)30-40(13,14)49-28-21-38(9,10)53-35(47)18-23-42(24-26-44)22-17-34(46)51-32(3)4/h15,32,43-44H,1,16-31H2,2-14H3. The minimum absolute atomic E-state index is 0.0255. The zero-order valence-electron chi connectivity index (χ0n) is 35.7. The molecule has 12 nitrogen and oxygen atoms in total. The maximum absolute atomic E-state index is 12.8. The van der Waals surface area contributed by atoms with Crippen LogP contribution in [0.25, 0.3) is 0 Å². The number of hydrogen-bond donors (Lipinski definition) is 2. The van der Waals surface area contributed by atoms with E-state index in [-0.39, 0.29) is 49.5 Å². The van der Waals surface area contributed by atoms with Gasteiger partial charge in [0.15, 0.2) is 0 Å². The van der Waals surface area contributed by atoms with Gasteiger partial charge in [-0.3, -0.25) is 14.5 Å². The lowest BCUT2D eigenvalue weighted by Gasteiger charge is -2.45. The number of hydrogen-bond acceptors (Lipinski definition) is 12. The molecular weight excluding hydrogens is 682 g/mol. The lowest BCUT2D eigenvalue weighted by Crippen LogP contribution is -2.45. The van der Waals surface area contributed by atoms with E-state index in [0.717, 1.165) is 12.5 Å². The molecule has 0 fully saturated rings. The minimum Gasteiger partial charge on any atom is -0.463 e. The van der Waals surface area contributed by atoms with Crippen molar-refractivity contribution in [2.45, 2.75) is 175 Å². The number of rotatable bonds is 30. The van der Waals surface area contributed by atoms with Gasteiger partial charge in [0.25, 0.3) is 0 Å². The smallest absolute Gasteiger partial charge is 0.330 e. The molecule has 0 rings (SSSR count). The maximum Gasteiger partial charge on any atom is 0.330 e. The summed E-state index contributed by atoms with van der Waals surface area (Å²) in [6.45, 7) is 31.1. The second kappa shape index (κ2) is 23.1. The Morgan fingerprint density at radius 3 is 1.58 bits per heavy atom. The fourth-order valence-electron chi connectivity index (χ4n) is 6.33. The largest absolute Gasteiger partial charge is 0.463 e. The molecule has 2 N–H and O–H groups in total. The van der Waals surface area contributed by atoms with Crippen molar-refractivity contribution >= 4 is 17.9 Å². The normalized spacial score (nSPS) is 14.3. The molecule has 0 bridgehead atoms. The molecule has 12 heteroatoms. The van der Waals surface area contributed by atoms with Gasteiger partial charge in [-0.2, -0.15) is 0 Å². The van der Waals surface area contributed by atoms with Crippen LogP contribution < -0.4 is 0 Å². The third-order valence-corrected chi connectivity index (χ3v) is 9.21. The molecule has 0 aromatic rings. The average Bonchev–Trinajstić information content (AvgIpc) is 2.99. The molecule has 0 aromatic heterocycles. The first-order valence-electron chi connectivity index (χ1n) is 19.4. The number of carbonyl (C=O) groups is 3. The molecule has 1 unspecified atom stereocenters. The second-order valence-corrected chi connectivity index (χ2v) is 17.7. The zero-order chi connectivity index (χ0) is 41.2. The van der Waals surface area contributed by atoms with Crippen LogP contribution in [-0.2, 0) is 42.8 Å². The Morgan fingerprint density at radius 2 is 1.15 bits per heavy atom. The van der Waals surface area contributed by atoms with Gasteiger partial charge in [-0.1, -0.05) is 13.5 Å². The number of esters is 3. The van der Waals surface area contributed by atoms with Crippen LogP contribution in [0.4, 0.5) is 0 Å². The van der Waals surface area contributed by atoms with E-state index in [1.807, 2.05) is 46.4 Å². The Bertz CT molecular complexity index is 1100. The third-order valence-electron chi connectivity index (χ3n) is 9.21. The van der Waals surface area contributed by atoms with E-state index in [1.165, 1.54) is 0 Å². The average molecular weight is 760 g/mol. The Labute approximate surface area is 321 Å². The summed E-state index contributed by atoms with van der Waals surface area (Å²) in [5, 5.41) is 19.1. The van der Waals surface area contributed by atoms with Crippen LogP contribution in [-0.4, -0.2) is 120 Å². The van der Waals surface area contributed by atoms with E-state index in [1.54, 1.807) is 13.8 Å². The van der Waals surface area contributed by atoms with Gasteiger partial charge in [-0.25, -0.2) is 4.79 Å². The summed E-state index contributed by atoms with van der Waals surface area (Å²) in [6, 6.07) is 0. The fourth-order valence-corrected chi connectivity index (χ4v) is 6.33. The molecule has 0 aliphatic carbocycles. The predicted molar refractivity (Wildman–Crippen MR) is 208 cm³/mol. The van der Waals surface area contributed by atoms with Gasteiger partial charge in [0.1, 0.15) is 11.2 Å². The molecular formula is C41H77NO11. The summed E-state index contributed by atoms with van der Waals surface area (Å²) in [6.07, 6.45) is 4.87.